The van der Waals surface area contributed by atoms with Crippen LogP contribution in [0.15, 0.2) is 66.7 Å². The number of rotatable bonds is 5. The van der Waals surface area contributed by atoms with Crippen LogP contribution in [0.25, 0.3) is 0 Å². The fourth-order valence-corrected chi connectivity index (χ4v) is 4.38. The van der Waals surface area contributed by atoms with E-state index in [9.17, 15) is 31.5 Å². The van der Waals surface area contributed by atoms with Gasteiger partial charge in [-0.3, -0.25) is 9.59 Å². The van der Waals surface area contributed by atoms with E-state index in [1.807, 2.05) is 0 Å². The number of benzene rings is 2. The van der Waals surface area contributed by atoms with E-state index in [2.05, 4.69) is 4.98 Å². The molecule has 4 rings (SSSR count). The van der Waals surface area contributed by atoms with Gasteiger partial charge in [-0.1, -0.05) is 30.3 Å². The Kier molecular flexibility index (Phi) is 5.84. The Morgan fingerprint density at radius 3 is 1.94 bits per heavy atom. The SMILES string of the molecule is NC(=O)C(c1cccc(C(F)(F)F)n1)N1CCC(c2ccc(F)cc2)(c2ccc(F)cc2)C1=O. The number of nitrogens with zero attached hydrogens (tertiary/aromatic N) is 2. The highest BCUT2D eigenvalue weighted by Crippen LogP contribution is 2.44. The second-order valence-electron chi connectivity index (χ2n) is 7.92. The van der Waals surface area contributed by atoms with Crippen molar-refractivity contribution >= 4 is 11.8 Å². The number of pyridine rings is 1. The van der Waals surface area contributed by atoms with Crippen LogP contribution in [0.5, 0.6) is 0 Å². The number of hydrogen-bond donors (Lipinski definition) is 1. The lowest BCUT2D eigenvalue weighted by atomic mass is 9.73. The normalized spacial score (nSPS) is 16.5. The van der Waals surface area contributed by atoms with Gasteiger partial charge in [0.05, 0.1) is 5.69 Å². The lowest BCUT2D eigenvalue weighted by molar-refractivity contribution is -0.142. The number of aromatic nitrogens is 1. The molecule has 2 heterocycles. The summed E-state index contributed by atoms with van der Waals surface area (Å²) in [5.41, 5.74) is 3.29. The second kappa shape index (κ2) is 8.51. The highest BCUT2D eigenvalue weighted by atomic mass is 19.4. The Balaban J connectivity index is 1.83. The first-order valence-corrected chi connectivity index (χ1v) is 10.2. The van der Waals surface area contributed by atoms with Crippen LogP contribution in [0.4, 0.5) is 22.0 Å². The van der Waals surface area contributed by atoms with Crippen LogP contribution < -0.4 is 5.73 Å². The van der Waals surface area contributed by atoms with Crippen LogP contribution >= 0.6 is 0 Å². The van der Waals surface area contributed by atoms with E-state index >= 15 is 0 Å². The van der Waals surface area contributed by atoms with Gasteiger partial charge in [0, 0.05) is 6.54 Å². The molecule has 1 aliphatic heterocycles. The second-order valence-corrected chi connectivity index (χ2v) is 7.92. The van der Waals surface area contributed by atoms with Crippen LogP contribution in [0.3, 0.4) is 0 Å². The molecule has 0 bridgehead atoms. The zero-order chi connectivity index (χ0) is 24.7. The van der Waals surface area contributed by atoms with Crippen molar-refractivity contribution in [2.45, 2.75) is 24.1 Å². The summed E-state index contributed by atoms with van der Waals surface area (Å²) in [4.78, 5) is 30.9. The molecule has 1 aromatic heterocycles. The molecule has 0 radical (unpaired) electrons. The predicted molar refractivity (Wildman–Crippen MR) is 111 cm³/mol. The number of alkyl halides is 3. The molecule has 10 heteroatoms. The molecule has 2 amide bonds. The third-order valence-electron chi connectivity index (χ3n) is 5.95. The number of primary amides is 1. The van der Waals surface area contributed by atoms with Gasteiger partial charge in [0.1, 0.15) is 22.7 Å². The molecule has 1 unspecified atom stereocenters. The lowest BCUT2D eigenvalue weighted by Gasteiger charge is -2.31. The zero-order valence-electron chi connectivity index (χ0n) is 17.5. The van der Waals surface area contributed by atoms with Gasteiger partial charge in [0.2, 0.25) is 11.8 Å². The van der Waals surface area contributed by atoms with Crippen LogP contribution in [-0.4, -0.2) is 28.2 Å². The minimum atomic E-state index is -4.76. The Morgan fingerprint density at radius 1 is 0.941 bits per heavy atom. The van der Waals surface area contributed by atoms with Crippen molar-refractivity contribution in [3.05, 3.63) is 101 Å². The first-order chi connectivity index (χ1) is 16.0. The molecule has 176 valence electrons. The molecule has 2 aromatic carbocycles. The fraction of sp³-hybridized carbons (Fsp3) is 0.208. The average molecular weight is 475 g/mol. The molecule has 2 N–H and O–H groups in total. The van der Waals surface area contributed by atoms with Gasteiger partial charge in [-0.25, -0.2) is 13.8 Å². The third kappa shape index (κ3) is 4.00. The van der Waals surface area contributed by atoms with E-state index < -0.39 is 46.8 Å². The fourth-order valence-electron chi connectivity index (χ4n) is 4.38. The van der Waals surface area contributed by atoms with Crippen molar-refractivity contribution in [1.82, 2.24) is 9.88 Å². The Hall–Kier alpha value is -3.82. The van der Waals surface area contributed by atoms with Crippen molar-refractivity contribution < 1.29 is 31.5 Å². The van der Waals surface area contributed by atoms with E-state index in [1.165, 1.54) is 30.3 Å². The van der Waals surface area contributed by atoms with Gasteiger partial charge in [-0.2, -0.15) is 13.2 Å². The summed E-state index contributed by atoms with van der Waals surface area (Å²) < 4.78 is 66.8. The van der Waals surface area contributed by atoms with Crippen molar-refractivity contribution in [3.8, 4) is 0 Å². The van der Waals surface area contributed by atoms with E-state index in [0.717, 1.165) is 41.3 Å². The van der Waals surface area contributed by atoms with Gasteiger partial charge < -0.3 is 10.6 Å². The van der Waals surface area contributed by atoms with Crippen molar-refractivity contribution in [2.24, 2.45) is 5.73 Å². The van der Waals surface area contributed by atoms with E-state index in [0.29, 0.717) is 11.1 Å². The third-order valence-corrected chi connectivity index (χ3v) is 5.95. The molecular formula is C24H18F5N3O2. The van der Waals surface area contributed by atoms with Crippen LogP contribution in [0.2, 0.25) is 0 Å². The summed E-state index contributed by atoms with van der Waals surface area (Å²) >= 11 is 0. The smallest absolute Gasteiger partial charge is 0.368 e. The minimum Gasteiger partial charge on any atom is -0.368 e. The summed E-state index contributed by atoms with van der Waals surface area (Å²) in [5.74, 6) is -2.78. The van der Waals surface area contributed by atoms with E-state index in [1.54, 1.807) is 0 Å². The largest absolute Gasteiger partial charge is 0.433 e. The van der Waals surface area contributed by atoms with Gasteiger partial charge in [-0.05, 0) is 53.9 Å². The maximum atomic E-state index is 13.9. The first kappa shape index (κ1) is 23.3. The molecule has 1 aliphatic rings. The zero-order valence-corrected chi connectivity index (χ0v) is 17.5. The number of carbonyl (C=O) groups excluding carboxylic acids is 2. The summed E-state index contributed by atoms with van der Waals surface area (Å²) in [6.45, 7) is -0.0564. The Bertz CT molecular complexity index is 1180. The molecule has 0 spiro atoms. The topological polar surface area (TPSA) is 76.3 Å². The standard InChI is InChI=1S/C24H18F5N3O2/c25-16-8-4-14(5-9-16)23(15-6-10-17(26)11-7-15)12-13-32(22(23)34)20(21(30)33)18-2-1-3-19(31-18)24(27,28)29/h1-11,20H,12-13H2,(H2,30,33). The maximum Gasteiger partial charge on any atom is 0.433 e. The van der Waals surface area contributed by atoms with Crippen molar-refractivity contribution in [2.75, 3.05) is 6.54 Å². The van der Waals surface area contributed by atoms with Crippen LogP contribution in [0.1, 0.15) is 35.0 Å². The highest BCUT2D eigenvalue weighted by Gasteiger charge is 2.52. The molecule has 1 atom stereocenters. The molecule has 1 saturated heterocycles. The van der Waals surface area contributed by atoms with Gasteiger partial charge >= 0.3 is 6.18 Å². The van der Waals surface area contributed by atoms with Gasteiger partial charge in [-0.15, -0.1) is 0 Å². The van der Waals surface area contributed by atoms with Crippen molar-refractivity contribution in [1.29, 1.82) is 0 Å². The lowest BCUT2D eigenvalue weighted by Crippen LogP contribution is -2.44. The van der Waals surface area contributed by atoms with Gasteiger partial charge in [0.25, 0.3) is 0 Å². The number of likely N-dealkylation sites (tertiary alicyclic amines) is 1. The number of hydrogen-bond acceptors (Lipinski definition) is 3. The summed E-state index contributed by atoms with van der Waals surface area (Å²) in [6.07, 6.45) is -4.68. The molecule has 1 fully saturated rings. The van der Waals surface area contributed by atoms with E-state index in [-0.39, 0.29) is 18.7 Å². The Labute approximate surface area is 191 Å². The molecule has 0 saturated carbocycles. The average Bonchev–Trinajstić information content (AvgIpc) is 3.12. The van der Waals surface area contributed by atoms with E-state index in [4.69, 9.17) is 5.73 Å². The summed E-state index contributed by atoms with van der Waals surface area (Å²) in [5, 5.41) is 0. The maximum absolute atomic E-state index is 13.9. The summed E-state index contributed by atoms with van der Waals surface area (Å²) in [6, 6.07) is 11.7. The number of carbonyl (C=O) groups is 2. The van der Waals surface area contributed by atoms with Crippen LogP contribution in [-0.2, 0) is 21.2 Å². The van der Waals surface area contributed by atoms with Crippen molar-refractivity contribution in [3.63, 3.8) is 0 Å². The number of nitrogens with two attached hydrogens (primary N) is 1. The molecule has 0 aliphatic carbocycles. The molecule has 5 nitrogen and oxygen atoms in total. The minimum absolute atomic E-state index is 0.0564. The quantitative estimate of drug-likeness (QED) is 0.564. The van der Waals surface area contributed by atoms with Gasteiger partial charge in [0.15, 0.2) is 6.04 Å². The molecular weight excluding hydrogens is 457 g/mol. The van der Waals surface area contributed by atoms with Crippen LogP contribution in [0, 0.1) is 11.6 Å². The summed E-state index contributed by atoms with van der Waals surface area (Å²) in [7, 11) is 0. The molecule has 34 heavy (non-hydrogen) atoms. The number of halogens is 5. The molecule has 3 aromatic rings. The Morgan fingerprint density at radius 2 is 1.47 bits per heavy atom. The highest BCUT2D eigenvalue weighted by molar-refractivity contribution is 5.97. The first-order valence-electron chi connectivity index (χ1n) is 10.2. The monoisotopic (exact) mass is 475 g/mol. The predicted octanol–water partition coefficient (Wildman–Crippen LogP) is 4.12. The number of amides is 2.